The highest BCUT2D eigenvalue weighted by molar-refractivity contribution is 5.63. The van der Waals surface area contributed by atoms with Crippen LogP contribution in [0.1, 0.15) is 5.56 Å². The summed E-state index contributed by atoms with van der Waals surface area (Å²) in [6.45, 7) is 0.334. The first-order valence-electron chi connectivity index (χ1n) is 6.37. The van der Waals surface area contributed by atoms with Crippen molar-refractivity contribution in [2.24, 2.45) is 5.73 Å². The van der Waals surface area contributed by atoms with E-state index in [1.807, 2.05) is 42.6 Å². The molecule has 0 saturated carbocycles. The monoisotopic (exact) mass is 267 g/mol. The number of hydrogen-bond acceptors (Lipinski definition) is 2. The highest BCUT2D eigenvalue weighted by Gasteiger charge is 2.08. The number of benzene rings is 2. The molecule has 0 atom stereocenters. The lowest BCUT2D eigenvalue weighted by Gasteiger charge is -2.03. The molecule has 0 aliphatic rings. The van der Waals surface area contributed by atoms with E-state index < -0.39 is 0 Å². The summed E-state index contributed by atoms with van der Waals surface area (Å²) >= 11 is 0. The molecule has 3 aromatic rings. The second-order valence-corrected chi connectivity index (χ2v) is 4.53. The van der Waals surface area contributed by atoms with Crippen LogP contribution in [0, 0.1) is 5.82 Å². The summed E-state index contributed by atoms with van der Waals surface area (Å²) < 4.78 is 15.8. The Hall–Kier alpha value is -2.46. The molecule has 0 amide bonds. The summed E-state index contributed by atoms with van der Waals surface area (Å²) in [5.74, 6) is -0.277. The van der Waals surface area contributed by atoms with Gasteiger partial charge in [-0.25, -0.2) is 9.07 Å². The van der Waals surface area contributed by atoms with Crippen LogP contribution >= 0.6 is 0 Å². The summed E-state index contributed by atoms with van der Waals surface area (Å²) in [6, 6.07) is 14.8. The Kier molecular flexibility index (Phi) is 3.31. The number of rotatable bonds is 3. The quantitative estimate of drug-likeness (QED) is 0.792. The van der Waals surface area contributed by atoms with E-state index in [2.05, 4.69) is 5.10 Å². The average Bonchev–Trinajstić information content (AvgIpc) is 2.97. The number of para-hydroxylation sites is 1. The first kappa shape index (κ1) is 12.6. The molecular formula is C16H14FN3. The highest BCUT2D eigenvalue weighted by Crippen LogP contribution is 2.24. The van der Waals surface area contributed by atoms with E-state index in [0.717, 1.165) is 16.8 Å². The van der Waals surface area contributed by atoms with Gasteiger partial charge in [-0.2, -0.15) is 5.10 Å². The van der Waals surface area contributed by atoms with Crippen LogP contribution in [-0.2, 0) is 6.54 Å². The molecule has 0 aliphatic heterocycles. The molecule has 0 radical (unpaired) electrons. The average molecular weight is 267 g/mol. The standard InChI is InChI=1S/C16H14FN3/c17-16-8-12(9-18)6-7-15(16)13-10-19-20(11-13)14-4-2-1-3-5-14/h1-8,10-11H,9,18H2. The van der Waals surface area contributed by atoms with Crippen LogP contribution in [0.2, 0.25) is 0 Å². The topological polar surface area (TPSA) is 43.8 Å². The van der Waals surface area contributed by atoms with Gasteiger partial charge in [-0.1, -0.05) is 30.3 Å². The third-order valence-corrected chi connectivity index (χ3v) is 3.18. The Morgan fingerprint density at radius 1 is 1.10 bits per heavy atom. The van der Waals surface area contributed by atoms with Crippen molar-refractivity contribution in [3.63, 3.8) is 0 Å². The minimum Gasteiger partial charge on any atom is -0.326 e. The maximum Gasteiger partial charge on any atom is 0.131 e. The lowest BCUT2D eigenvalue weighted by atomic mass is 10.1. The third-order valence-electron chi connectivity index (χ3n) is 3.18. The van der Waals surface area contributed by atoms with Gasteiger partial charge < -0.3 is 5.73 Å². The van der Waals surface area contributed by atoms with Crippen LogP contribution in [0.25, 0.3) is 16.8 Å². The van der Waals surface area contributed by atoms with Crippen LogP contribution in [-0.4, -0.2) is 9.78 Å². The molecule has 3 nitrogen and oxygen atoms in total. The molecule has 3 rings (SSSR count). The summed E-state index contributed by atoms with van der Waals surface area (Å²) in [7, 11) is 0. The number of aromatic nitrogens is 2. The SMILES string of the molecule is NCc1ccc(-c2cnn(-c3ccccc3)c2)c(F)c1. The normalized spacial score (nSPS) is 10.7. The van der Waals surface area contributed by atoms with Gasteiger partial charge in [-0.3, -0.25) is 0 Å². The van der Waals surface area contributed by atoms with Crippen molar-refractivity contribution in [3.8, 4) is 16.8 Å². The van der Waals surface area contributed by atoms with Gasteiger partial charge in [-0.15, -0.1) is 0 Å². The van der Waals surface area contributed by atoms with Crippen molar-refractivity contribution < 1.29 is 4.39 Å². The minimum atomic E-state index is -0.277. The fourth-order valence-electron chi connectivity index (χ4n) is 2.10. The lowest BCUT2D eigenvalue weighted by Crippen LogP contribution is -1.97. The lowest BCUT2D eigenvalue weighted by molar-refractivity contribution is 0.629. The molecule has 1 heterocycles. The fourth-order valence-corrected chi connectivity index (χ4v) is 2.10. The van der Waals surface area contributed by atoms with Crippen LogP contribution in [0.15, 0.2) is 60.9 Å². The van der Waals surface area contributed by atoms with Crippen molar-refractivity contribution in [2.75, 3.05) is 0 Å². The molecule has 0 fully saturated rings. The molecule has 20 heavy (non-hydrogen) atoms. The highest BCUT2D eigenvalue weighted by atomic mass is 19.1. The smallest absolute Gasteiger partial charge is 0.131 e. The Morgan fingerprint density at radius 2 is 1.90 bits per heavy atom. The molecule has 0 saturated heterocycles. The van der Waals surface area contributed by atoms with Crippen LogP contribution < -0.4 is 5.73 Å². The maximum absolute atomic E-state index is 14.0. The van der Waals surface area contributed by atoms with E-state index in [9.17, 15) is 4.39 Å². The number of hydrogen-bond donors (Lipinski definition) is 1. The van der Waals surface area contributed by atoms with Crippen LogP contribution in [0.3, 0.4) is 0 Å². The number of halogens is 1. The van der Waals surface area contributed by atoms with Gasteiger partial charge in [0.15, 0.2) is 0 Å². The van der Waals surface area contributed by atoms with Crippen molar-refractivity contribution >= 4 is 0 Å². The van der Waals surface area contributed by atoms with Gasteiger partial charge >= 0.3 is 0 Å². The Labute approximate surface area is 116 Å². The minimum absolute atomic E-state index is 0.277. The Balaban J connectivity index is 1.98. The van der Waals surface area contributed by atoms with Gasteiger partial charge in [0.05, 0.1) is 11.9 Å². The summed E-state index contributed by atoms with van der Waals surface area (Å²) in [6.07, 6.45) is 3.48. The summed E-state index contributed by atoms with van der Waals surface area (Å²) in [5, 5.41) is 4.27. The van der Waals surface area contributed by atoms with E-state index in [4.69, 9.17) is 5.73 Å². The van der Waals surface area contributed by atoms with Gasteiger partial charge in [0.1, 0.15) is 5.82 Å². The molecule has 2 N–H and O–H groups in total. The zero-order valence-corrected chi connectivity index (χ0v) is 10.8. The molecule has 0 spiro atoms. The van der Waals surface area contributed by atoms with Crippen LogP contribution in [0.4, 0.5) is 4.39 Å². The van der Waals surface area contributed by atoms with Crippen LogP contribution in [0.5, 0.6) is 0 Å². The first-order chi connectivity index (χ1) is 9.78. The second kappa shape index (κ2) is 5.27. The predicted molar refractivity (Wildman–Crippen MR) is 76.8 cm³/mol. The van der Waals surface area contributed by atoms with Gasteiger partial charge in [0, 0.05) is 23.9 Å². The molecule has 4 heteroatoms. The molecule has 100 valence electrons. The zero-order chi connectivity index (χ0) is 13.9. The van der Waals surface area contributed by atoms with E-state index >= 15 is 0 Å². The summed E-state index contributed by atoms with van der Waals surface area (Å²) in [4.78, 5) is 0. The third kappa shape index (κ3) is 2.33. The van der Waals surface area contributed by atoms with E-state index in [-0.39, 0.29) is 5.82 Å². The molecular weight excluding hydrogens is 253 g/mol. The molecule has 0 unspecified atom stereocenters. The van der Waals surface area contributed by atoms with Gasteiger partial charge in [0.25, 0.3) is 0 Å². The van der Waals surface area contributed by atoms with Crippen molar-refractivity contribution in [3.05, 3.63) is 72.3 Å². The Bertz CT molecular complexity index is 720. The number of nitrogens with two attached hydrogens (primary N) is 1. The van der Waals surface area contributed by atoms with Gasteiger partial charge in [0.2, 0.25) is 0 Å². The zero-order valence-electron chi connectivity index (χ0n) is 10.8. The Morgan fingerprint density at radius 3 is 2.60 bits per heavy atom. The molecule has 1 aromatic heterocycles. The largest absolute Gasteiger partial charge is 0.326 e. The predicted octanol–water partition coefficient (Wildman–Crippen LogP) is 3.14. The van der Waals surface area contributed by atoms with Gasteiger partial charge in [-0.05, 0) is 23.8 Å². The molecule has 0 aliphatic carbocycles. The van der Waals surface area contributed by atoms with Crippen molar-refractivity contribution in [1.29, 1.82) is 0 Å². The maximum atomic E-state index is 14.0. The molecule has 0 bridgehead atoms. The summed E-state index contributed by atoms with van der Waals surface area (Å²) in [5.41, 5.74) is 8.50. The fraction of sp³-hybridized carbons (Fsp3) is 0.0625. The second-order valence-electron chi connectivity index (χ2n) is 4.53. The molecule has 2 aromatic carbocycles. The first-order valence-corrected chi connectivity index (χ1v) is 6.37. The number of nitrogens with zero attached hydrogens (tertiary/aromatic N) is 2. The van der Waals surface area contributed by atoms with E-state index in [1.54, 1.807) is 16.9 Å². The van der Waals surface area contributed by atoms with E-state index in [0.29, 0.717) is 12.1 Å². The van der Waals surface area contributed by atoms with Crippen molar-refractivity contribution in [2.45, 2.75) is 6.54 Å². The van der Waals surface area contributed by atoms with Crippen molar-refractivity contribution in [1.82, 2.24) is 9.78 Å². The van der Waals surface area contributed by atoms with E-state index in [1.165, 1.54) is 6.07 Å².